The summed E-state index contributed by atoms with van der Waals surface area (Å²) in [5.74, 6) is 0. The topological polar surface area (TPSA) is 18.5 Å². The molecule has 0 aromatic carbocycles. The molecule has 0 saturated heterocycles. The molecule has 12 heavy (non-hydrogen) atoms. The third-order valence-electron chi connectivity index (χ3n) is 0.991. The second-order valence-electron chi connectivity index (χ2n) is 1.83. The van der Waals surface area contributed by atoms with Crippen LogP contribution in [0.2, 0.25) is 0 Å². The van der Waals surface area contributed by atoms with Crippen LogP contribution in [0.5, 0.6) is 0 Å². The lowest BCUT2D eigenvalue weighted by Crippen LogP contribution is -2.34. The van der Waals surface area contributed by atoms with E-state index in [-0.39, 0.29) is 0 Å². The van der Waals surface area contributed by atoms with E-state index in [9.17, 15) is 13.2 Å². The highest BCUT2D eigenvalue weighted by Crippen LogP contribution is 2.23. The van der Waals surface area contributed by atoms with Crippen molar-refractivity contribution in [1.82, 2.24) is 0 Å². The Balaban J connectivity index is 4.02. The molecule has 0 radical (unpaired) electrons. The quantitative estimate of drug-likeness (QED) is 0.607. The Kier molecular flexibility index (Phi) is 4.25. The van der Waals surface area contributed by atoms with Gasteiger partial charge in [-0.15, -0.1) is 0 Å². The summed E-state index contributed by atoms with van der Waals surface area (Å²) in [5, 5.41) is 0. The maximum Gasteiger partial charge on any atom is 0.428 e. The number of halogens is 3. The van der Waals surface area contributed by atoms with Crippen LogP contribution in [0.4, 0.5) is 13.2 Å². The molecule has 0 rings (SSSR count). The lowest BCUT2D eigenvalue weighted by molar-refractivity contribution is -0.215. The van der Waals surface area contributed by atoms with Gasteiger partial charge >= 0.3 is 6.18 Å². The fourth-order valence-corrected chi connectivity index (χ4v) is 0.483. The average Bonchev–Trinajstić information content (AvgIpc) is 1.95. The Bertz CT molecular complexity index is 153. The standard InChI is InChI=1S/C7H9F3O2/c1-3-11-5-6(12-4-2)7(8,9)10/h3-4,6H,1-2,5H2. The van der Waals surface area contributed by atoms with Crippen molar-refractivity contribution in [1.29, 1.82) is 0 Å². The molecule has 70 valence electrons. The predicted octanol–water partition coefficient (Wildman–Crippen LogP) is 2.24. The van der Waals surface area contributed by atoms with Crippen molar-refractivity contribution in [2.45, 2.75) is 12.3 Å². The molecule has 0 fully saturated rings. The monoisotopic (exact) mass is 182 g/mol. The Morgan fingerprint density at radius 1 is 1.25 bits per heavy atom. The van der Waals surface area contributed by atoms with Gasteiger partial charge in [0, 0.05) is 0 Å². The maximum atomic E-state index is 11.9. The lowest BCUT2D eigenvalue weighted by atomic mass is 10.4. The molecular formula is C7H9F3O2. The third-order valence-corrected chi connectivity index (χ3v) is 0.991. The summed E-state index contributed by atoms with van der Waals surface area (Å²) in [6.07, 6.45) is -4.78. The first kappa shape index (κ1) is 10.9. The molecule has 5 heteroatoms. The van der Waals surface area contributed by atoms with E-state index in [0.29, 0.717) is 0 Å². The van der Waals surface area contributed by atoms with Crippen LogP contribution in [-0.4, -0.2) is 18.9 Å². The van der Waals surface area contributed by atoms with Gasteiger partial charge in [-0.2, -0.15) is 13.2 Å². The van der Waals surface area contributed by atoms with E-state index < -0.39 is 18.9 Å². The van der Waals surface area contributed by atoms with Crippen molar-refractivity contribution in [3.63, 3.8) is 0 Å². The van der Waals surface area contributed by atoms with Crippen LogP contribution in [0.1, 0.15) is 0 Å². The molecule has 0 heterocycles. The van der Waals surface area contributed by atoms with E-state index in [0.717, 1.165) is 12.5 Å². The SMILES string of the molecule is C=COCC(OC=C)C(F)(F)F. The number of alkyl halides is 3. The first-order valence-corrected chi connectivity index (χ1v) is 3.08. The molecule has 0 aliphatic rings. The summed E-state index contributed by atoms with van der Waals surface area (Å²) in [5.41, 5.74) is 0. The molecule has 0 saturated carbocycles. The molecule has 0 aromatic rings. The highest BCUT2D eigenvalue weighted by Gasteiger charge is 2.41. The van der Waals surface area contributed by atoms with Gasteiger partial charge in [-0.3, -0.25) is 0 Å². The Morgan fingerprint density at radius 3 is 2.17 bits per heavy atom. The summed E-state index contributed by atoms with van der Waals surface area (Å²) in [7, 11) is 0. The van der Waals surface area contributed by atoms with Crippen LogP contribution >= 0.6 is 0 Å². The van der Waals surface area contributed by atoms with Gasteiger partial charge in [0.25, 0.3) is 0 Å². The zero-order chi connectivity index (χ0) is 9.61. The van der Waals surface area contributed by atoms with Gasteiger partial charge in [-0.1, -0.05) is 13.2 Å². The minimum absolute atomic E-state index is 0.612. The Hall–Kier alpha value is -1.13. The van der Waals surface area contributed by atoms with Crippen LogP contribution in [0.25, 0.3) is 0 Å². The molecule has 2 nitrogen and oxygen atoms in total. The summed E-state index contributed by atoms with van der Waals surface area (Å²) in [6, 6.07) is 0. The van der Waals surface area contributed by atoms with Gasteiger partial charge in [0.15, 0.2) is 0 Å². The summed E-state index contributed by atoms with van der Waals surface area (Å²) in [4.78, 5) is 0. The molecule has 0 bridgehead atoms. The summed E-state index contributed by atoms with van der Waals surface area (Å²) >= 11 is 0. The normalized spacial score (nSPS) is 13.2. The smallest absolute Gasteiger partial charge is 0.428 e. The summed E-state index contributed by atoms with van der Waals surface area (Å²) < 4.78 is 44.4. The Labute approximate surface area is 68.3 Å². The number of hydrogen-bond acceptors (Lipinski definition) is 2. The van der Waals surface area contributed by atoms with Crippen LogP contribution in [0.15, 0.2) is 25.7 Å². The number of ether oxygens (including phenoxy) is 2. The average molecular weight is 182 g/mol. The van der Waals surface area contributed by atoms with Crippen LogP contribution in [0, 0.1) is 0 Å². The van der Waals surface area contributed by atoms with Gasteiger partial charge in [0.05, 0.1) is 12.5 Å². The van der Waals surface area contributed by atoms with E-state index in [1.165, 1.54) is 0 Å². The number of rotatable bonds is 5. The first-order valence-electron chi connectivity index (χ1n) is 3.08. The maximum absolute atomic E-state index is 11.9. The lowest BCUT2D eigenvalue weighted by Gasteiger charge is -2.18. The molecule has 0 spiro atoms. The van der Waals surface area contributed by atoms with E-state index in [1.54, 1.807) is 0 Å². The molecular weight excluding hydrogens is 173 g/mol. The molecule has 0 aliphatic carbocycles. The molecule has 0 aliphatic heterocycles. The molecule has 1 unspecified atom stereocenters. The largest absolute Gasteiger partial charge is 0.498 e. The van der Waals surface area contributed by atoms with Gasteiger partial charge in [0.1, 0.15) is 6.61 Å². The van der Waals surface area contributed by atoms with E-state index in [4.69, 9.17) is 0 Å². The van der Waals surface area contributed by atoms with Gasteiger partial charge in [0.2, 0.25) is 6.10 Å². The highest BCUT2D eigenvalue weighted by molar-refractivity contribution is 4.71. The zero-order valence-electron chi connectivity index (χ0n) is 6.30. The van der Waals surface area contributed by atoms with Crippen molar-refractivity contribution in [3.8, 4) is 0 Å². The molecule has 0 amide bonds. The number of hydrogen-bond donors (Lipinski definition) is 0. The molecule has 0 aromatic heterocycles. The zero-order valence-corrected chi connectivity index (χ0v) is 6.30. The van der Waals surface area contributed by atoms with Crippen molar-refractivity contribution < 1.29 is 22.6 Å². The van der Waals surface area contributed by atoms with Gasteiger partial charge < -0.3 is 9.47 Å². The minimum atomic E-state index is -4.45. The van der Waals surface area contributed by atoms with Crippen molar-refractivity contribution in [2.75, 3.05) is 6.61 Å². The summed E-state index contributed by atoms with van der Waals surface area (Å²) in [6.45, 7) is 5.51. The van der Waals surface area contributed by atoms with Crippen molar-refractivity contribution in [3.05, 3.63) is 25.7 Å². The van der Waals surface area contributed by atoms with Crippen LogP contribution in [-0.2, 0) is 9.47 Å². The van der Waals surface area contributed by atoms with Crippen molar-refractivity contribution >= 4 is 0 Å². The minimum Gasteiger partial charge on any atom is -0.498 e. The van der Waals surface area contributed by atoms with E-state index >= 15 is 0 Å². The van der Waals surface area contributed by atoms with Crippen LogP contribution < -0.4 is 0 Å². The second-order valence-corrected chi connectivity index (χ2v) is 1.83. The fourth-order valence-electron chi connectivity index (χ4n) is 0.483. The van der Waals surface area contributed by atoms with E-state index in [2.05, 4.69) is 22.6 Å². The highest BCUT2D eigenvalue weighted by atomic mass is 19.4. The first-order chi connectivity index (χ1) is 5.52. The van der Waals surface area contributed by atoms with Gasteiger partial charge in [-0.25, -0.2) is 0 Å². The fraction of sp³-hybridized carbons (Fsp3) is 0.429. The predicted molar refractivity (Wildman–Crippen MR) is 37.3 cm³/mol. The molecule has 1 atom stereocenters. The molecule has 0 N–H and O–H groups in total. The Morgan fingerprint density at radius 2 is 1.83 bits per heavy atom. The van der Waals surface area contributed by atoms with E-state index in [1.807, 2.05) is 0 Å². The van der Waals surface area contributed by atoms with Crippen LogP contribution in [0.3, 0.4) is 0 Å². The third kappa shape index (κ3) is 3.90. The van der Waals surface area contributed by atoms with Gasteiger partial charge in [-0.05, 0) is 0 Å². The van der Waals surface area contributed by atoms with Crippen molar-refractivity contribution in [2.24, 2.45) is 0 Å². The second kappa shape index (κ2) is 4.69.